The Labute approximate surface area is 127 Å². The van der Waals surface area contributed by atoms with Gasteiger partial charge in [0.1, 0.15) is 0 Å². The fraction of sp³-hybridized carbons (Fsp3) is 0.588. The quantitative estimate of drug-likeness (QED) is 0.784. The minimum atomic E-state index is 0.0583. The fourth-order valence-corrected chi connectivity index (χ4v) is 2.84. The van der Waals surface area contributed by atoms with Gasteiger partial charge in [-0.2, -0.15) is 5.26 Å². The van der Waals surface area contributed by atoms with Gasteiger partial charge < -0.3 is 14.8 Å². The molecular formula is C17H24N2O2. The van der Waals surface area contributed by atoms with E-state index >= 15 is 0 Å². The molecule has 2 rings (SSSR count). The summed E-state index contributed by atoms with van der Waals surface area (Å²) in [5.74, 6) is 0.468. The largest absolute Gasteiger partial charge is 0.385 e. The number of piperidine rings is 1. The van der Waals surface area contributed by atoms with Crippen LogP contribution in [0.3, 0.4) is 0 Å². The monoisotopic (exact) mass is 288 g/mol. The minimum absolute atomic E-state index is 0.0583. The number of hydrogen-bond acceptors (Lipinski definition) is 4. The maximum atomic E-state index is 9.08. The summed E-state index contributed by atoms with van der Waals surface area (Å²) in [6, 6.07) is 10.0. The summed E-state index contributed by atoms with van der Waals surface area (Å²) in [7, 11) is 1.71. The summed E-state index contributed by atoms with van der Waals surface area (Å²) < 4.78 is 11.2. The highest BCUT2D eigenvalue weighted by molar-refractivity contribution is 5.34. The van der Waals surface area contributed by atoms with Crippen LogP contribution in [0.1, 0.15) is 36.5 Å². The summed E-state index contributed by atoms with van der Waals surface area (Å²) in [6.45, 7) is 3.47. The molecule has 0 spiro atoms. The van der Waals surface area contributed by atoms with E-state index in [0.717, 1.165) is 25.1 Å². The summed E-state index contributed by atoms with van der Waals surface area (Å²) in [6.07, 6.45) is 3.30. The molecule has 1 aromatic carbocycles. The third-order valence-corrected chi connectivity index (χ3v) is 3.90. The van der Waals surface area contributed by atoms with E-state index < -0.39 is 0 Å². The first-order valence-electron chi connectivity index (χ1n) is 7.66. The SMILES string of the molecule is COCCCO[C@@H](c1cccc(C#N)c1)C1CCCNC1. The van der Waals surface area contributed by atoms with Crippen molar-refractivity contribution in [3.63, 3.8) is 0 Å². The molecule has 1 N–H and O–H groups in total. The Hall–Kier alpha value is -1.41. The lowest BCUT2D eigenvalue weighted by Gasteiger charge is -2.31. The maximum absolute atomic E-state index is 9.08. The van der Waals surface area contributed by atoms with Crippen molar-refractivity contribution in [3.8, 4) is 6.07 Å². The first kappa shape index (κ1) is 16.0. The molecule has 0 aromatic heterocycles. The average molecular weight is 288 g/mol. The van der Waals surface area contributed by atoms with Crippen molar-refractivity contribution in [1.29, 1.82) is 5.26 Å². The number of benzene rings is 1. The van der Waals surface area contributed by atoms with Gasteiger partial charge in [-0.1, -0.05) is 12.1 Å². The van der Waals surface area contributed by atoms with Crippen molar-refractivity contribution in [2.75, 3.05) is 33.4 Å². The van der Waals surface area contributed by atoms with Gasteiger partial charge >= 0.3 is 0 Å². The lowest BCUT2D eigenvalue weighted by atomic mass is 9.88. The van der Waals surface area contributed by atoms with Gasteiger partial charge in [0.25, 0.3) is 0 Å². The molecule has 1 aromatic rings. The third kappa shape index (κ3) is 4.82. The number of hydrogen-bond donors (Lipinski definition) is 1. The average Bonchev–Trinajstić information content (AvgIpc) is 2.56. The van der Waals surface area contributed by atoms with Crippen molar-refractivity contribution in [3.05, 3.63) is 35.4 Å². The van der Waals surface area contributed by atoms with Crippen LogP contribution < -0.4 is 5.32 Å². The molecule has 1 saturated heterocycles. The Morgan fingerprint density at radius 3 is 3.05 bits per heavy atom. The van der Waals surface area contributed by atoms with Crippen LogP contribution >= 0.6 is 0 Å². The van der Waals surface area contributed by atoms with Crippen LogP contribution in [0.5, 0.6) is 0 Å². The highest BCUT2D eigenvalue weighted by Gasteiger charge is 2.25. The molecule has 0 radical (unpaired) electrons. The van der Waals surface area contributed by atoms with Gasteiger partial charge in [-0.25, -0.2) is 0 Å². The second-order valence-corrected chi connectivity index (χ2v) is 5.48. The molecule has 0 amide bonds. The summed E-state index contributed by atoms with van der Waals surface area (Å²) in [4.78, 5) is 0. The van der Waals surface area contributed by atoms with Gasteiger partial charge in [0.05, 0.1) is 17.7 Å². The van der Waals surface area contributed by atoms with E-state index in [1.807, 2.05) is 18.2 Å². The Balaban J connectivity index is 2.07. The van der Waals surface area contributed by atoms with E-state index in [1.54, 1.807) is 7.11 Å². The Morgan fingerprint density at radius 1 is 1.43 bits per heavy atom. The van der Waals surface area contributed by atoms with Crippen LogP contribution in [0.4, 0.5) is 0 Å². The molecule has 2 atom stereocenters. The molecular weight excluding hydrogens is 264 g/mol. The van der Waals surface area contributed by atoms with Gasteiger partial charge in [0, 0.05) is 32.8 Å². The topological polar surface area (TPSA) is 54.3 Å². The number of ether oxygens (including phenoxy) is 2. The summed E-state index contributed by atoms with van der Waals surface area (Å²) in [5.41, 5.74) is 1.81. The highest BCUT2D eigenvalue weighted by atomic mass is 16.5. The van der Waals surface area contributed by atoms with Crippen LogP contribution in [0.15, 0.2) is 24.3 Å². The number of nitrogens with zero attached hydrogens (tertiary/aromatic N) is 1. The van der Waals surface area contributed by atoms with Crippen LogP contribution in [0.25, 0.3) is 0 Å². The van der Waals surface area contributed by atoms with Crippen molar-refractivity contribution >= 4 is 0 Å². The van der Waals surface area contributed by atoms with E-state index in [4.69, 9.17) is 14.7 Å². The van der Waals surface area contributed by atoms with Crippen LogP contribution in [-0.4, -0.2) is 33.4 Å². The molecule has 1 heterocycles. The lowest BCUT2D eigenvalue weighted by Crippen LogP contribution is -2.34. The Morgan fingerprint density at radius 2 is 2.33 bits per heavy atom. The predicted octanol–water partition coefficient (Wildman–Crippen LogP) is 2.65. The molecule has 1 unspecified atom stereocenters. The van der Waals surface area contributed by atoms with E-state index in [0.29, 0.717) is 24.7 Å². The van der Waals surface area contributed by atoms with Crippen LogP contribution in [0, 0.1) is 17.2 Å². The maximum Gasteiger partial charge on any atom is 0.0991 e. The molecule has 1 fully saturated rings. The molecule has 0 aliphatic carbocycles. The molecule has 1 aliphatic heterocycles. The molecule has 21 heavy (non-hydrogen) atoms. The lowest BCUT2D eigenvalue weighted by molar-refractivity contribution is -0.00503. The zero-order chi connectivity index (χ0) is 14.9. The van der Waals surface area contributed by atoms with Crippen molar-refractivity contribution < 1.29 is 9.47 Å². The normalized spacial score (nSPS) is 19.9. The first-order valence-corrected chi connectivity index (χ1v) is 7.66. The number of nitrogens with one attached hydrogen (secondary N) is 1. The van der Waals surface area contributed by atoms with Gasteiger partial charge in [-0.3, -0.25) is 0 Å². The molecule has 0 saturated carbocycles. The Bertz CT molecular complexity index is 464. The highest BCUT2D eigenvalue weighted by Crippen LogP contribution is 2.31. The third-order valence-electron chi connectivity index (χ3n) is 3.90. The van der Waals surface area contributed by atoms with E-state index in [1.165, 1.54) is 12.8 Å². The standard InChI is InChI=1S/C17H24N2O2/c1-20-9-4-10-21-17(16-7-3-8-19-13-16)15-6-2-5-14(11-15)12-18/h2,5-6,11,16-17,19H,3-4,7-10,13H2,1H3/t16?,17-/m0/s1. The zero-order valence-electron chi connectivity index (χ0n) is 12.7. The van der Waals surface area contributed by atoms with E-state index in [9.17, 15) is 0 Å². The summed E-state index contributed by atoms with van der Waals surface area (Å²) in [5, 5.41) is 12.5. The van der Waals surface area contributed by atoms with Gasteiger partial charge in [0.2, 0.25) is 0 Å². The zero-order valence-corrected chi connectivity index (χ0v) is 12.7. The minimum Gasteiger partial charge on any atom is -0.385 e. The number of rotatable bonds is 7. The van der Waals surface area contributed by atoms with Crippen LogP contribution in [-0.2, 0) is 9.47 Å². The van der Waals surface area contributed by atoms with Crippen molar-refractivity contribution in [2.24, 2.45) is 5.92 Å². The van der Waals surface area contributed by atoms with E-state index in [2.05, 4.69) is 17.5 Å². The van der Waals surface area contributed by atoms with Crippen molar-refractivity contribution in [1.82, 2.24) is 5.32 Å². The van der Waals surface area contributed by atoms with Crippen LogP contribution in [0.2, 0.25) is 0 Å². The van der Waals surface area contributed by atoms with Gasteiger partial charge in [-0.15, -0.1) is 0 Å². The first-order chi connectivity index (χ1) is 10.3. The van der Waals surface area contributed by atoms with Gasteiger partial charge in [-0.05, 0) is 43.5 Å². The molecule has 1 aliphatic rings. The second-order valence-electron chi connectivity index (χ2n) is 5.48. The molecule has 4 nitrogen and oxygen atoms in total. The van der Waals surface area contributed by atoms with Gasteiger partial charge in [0.15, 0.2) is 0 Å². The molecule has 4 heteroatoms. The number of nitriles is 1. The Kier molecular flexibility index (Phi) is 6.68. The molecule has 0 bridgehead atoms. The smallest absolute Gasteiger partial charge is 0.0991 e. The predicted molar refractivity (Wildman–Crippen MR) is 81.9 cm³/mol. The number of methoxy groups -OCH3 is 1. The molecule has 114 valence electrons. The summed E-state index contributed by atoms with van der Waals surface area (Å²) >= 11 is 0. The fourth-order valence-electron chi connectivity index (χ4n) is 2.84. The van der Waals surface area contributed by atoms with Crippen molar-refractivity contribution in [2.45, 2.75) is 25.4 Å². The second kappa shape index (κ2) is 8.78. The van der Waals surface area contributed by atoms with E-state index in [-0.39, 0.29) is 6.10 Å².